The summed E-state index contributed by atoms with van der Waals surface area (Å²) in [5.74, 6) is -9.84. The summed E-state index contributed by atoms with van der Waals surface area (Å²) in [6.45, 7) is 50.0. The fourth-order valence-corrected chi connectivity index (χ4v) is 19.8. The van der Waals surface area contributed by atoms with E-state index in [0.717, 1.165) is 44.9 Å². The first-order chi connectivity index (χ1) is 61.0. The lowest BCUT2D eigenvalue weighted by Crippen LogP contribution is -2.64. The molecule has 0 aromatic rings. The summed E-state index contributed by atoms with van der Waals surface area (Å²) < 4.78 is 21.1. The highest BCUT2D eigenvalue weighted by Crippen LogP contribution is 2.67. The number of amides is 15. The highest BCUT2D eigenvalue weighted by atomic mass is 16.6. The molecule has 4 heterocycles. The molecular weight excluding hydrogens is 1700 g/mol. The summed E-state index contributed by atoms with van der Waals surface area (Å²) >= 11 is 0. The Balaban J connectivity index is 0.000000244. The van der Waals surface area contributed by atoms with Crippen LogP contribution < -0.4 is 64.6 Å². The predicted molar refractivity (Wildman–Crippen MR) is 486 cm³/mol. The Hall–Kier alpha value is -10.1. The number of urea groups is 3. The van der Waals surface area contributed by atoms with Crippen molar-refractivity contribution in [1.82, 2.24) is 67.9 Å². The number of ketones is 3. The minimum atomic E-state index is -1.16. The van der Waals surface area contributed by atoms with Crippen LogP contribution in [0.1, 0.15) is 242 Å². The zero-order chi connectivity index (χ0) is 99.3. The average Bonchev–Trinajstić information content (AvgIpc) is 1.53. The third kappa shape index (κ3) is 25.7. The molecule has 37 nitrogen and oxygen atoms in total. The Morgan fingerprint density at radius 2 is 0.818 bits per heavy atom. The summed E-state index contributed by atoms with van der Waals surface area (Å²) in [5, 5.41) is 27.3. The van der Waals surface area contributed by atoms with Crippen LogP contribution in [0, 0.1) is 90.7 Å². The van der Waals surface area contributed by atoms with E-state index in [0.29, 0.717) is 71.4 Å². The molecule has 10 fully saturated rings. The number of likely N-dealkylation sites (tertiary alicyclic amines) is 3. The molecule has 15 amide bonds. The molecule has 0 aromatic carbocycles. The third-order valence-electron chi connectivity index (χ3n) is 28.5. The maximum absolute atomic E-state index is 14.2. The molecule has 4 unspecified atom stereocenters. The maximum atomic E-state index is 14.2. The van der Waals surface area contributed by atoms with Crippen LogP contribution in [-0.2, 0) is 90.9 Å². The number of hydrogen-bond acceptors (Lipinski definition) is 22. The second-order valence-electron chi connectivity index (χ2n) is 45.1. The second-order valence-corrected chi connectivity index (χ2v) is 45.1. The topological polar surface area (TPSA) is 526 Å². The van der Waals surface area contributed by atoms with Crippen LogP contribution >= 0.6 is 0 Å². The largest absolute Gasteiger partial charge is 0.467 e. The van der Waals surface area contributed by atoms with Crippen LogP contribution in [0.15, 0.2) is 25.3 Å². The molecular formula is C95H151N15O22. The fraction of sp³-hybridized carbons (Fsp3) is 0.768. The van der Waals surface area contributed by atoms with E-state index in [1.807, 2.05) is 69.2 Å². The number of fused-ring (bicyclic) bond motifs is 3. The molecule has 0 radical (unpaired) electrons. The Morgan fingerprint density at radius 3 is 1.14 bits per heavy atom. The average molecular weight is 1860 g/mol. The van der Waals surface area contributed by atoms with Crippen LogP contribution in [0.2, 0.25) is 0 Å². The molecule has 6 saturated carbocycles. The summed E-state index contributed by atoms with van der Waals surface area (Å²) in [7, 11) is 1.29. The molecule has 4 aliphatic heterocycles. The minimum absolute atomic E-state index is 0.0148. The number of rotatable bonds is 35. The van der Waals surface area contributed by atoms with Gasteiger partial charge in [0.15, 0.2) is 0 Å². The molecule has 14 N–H and O–H groups in total. The fourth-order valence-electron chi connectivity index (χ4n) is 19.8. The van der Waals surface area contributed by atoms with Crippen LogP contribution in [-0.4, -0.2) is 252 Å². The number of nitrogens with zero attached hydrogens (tertiary/aromatic N) is 3. The number of methoxy groups -OCH3 is 1. The van der Waals surface area contributed by atoms with Gasteiger partial charge >= 0.3 is 36.0 Å². The van der Waals surface area contributed by atoms with Gasteiger partial charge in [-0.2, -0.15) is 0 Å². The molecule has 10 rings (SSSR count). The van der Waals surface area contributed by atoms with Gasteiger partial charge in [-0.3, -0.25) is 57.5 Å². The summed E-state index contributed by atoms with van der Waals surface area (Å²) in [5.41, 5.74) is 5.13. The SMILES string of the molecule is C=CCNC(=O)C(=O)C(CCC)NC(=O)[C@@H]1[C@@H]2[C@H](CN1C(=O)[C@@H](NC(=O)N[C@H](C(=O)OCC=C)C(C)(C)C)C(C)(C)C)C2(C)C.CC(C)(C)[C@H](NC(=O)N[C@H](C(=O)N1C[C@H]2[C@@H]([C@H]1C(=O)NC(CC1CC1)C(=O)C(N)=O)C2(C)C)C(C)(C)C)C(=O)OC1CCOC1.COC(=O)C1(NC(=O)N[C@H](C(=O)N2C[C@H]3[C@@H]([C@H]2C(=O)NC(CC2CC2)C(=O)C(N)=O)C3(C)C)C(C)(C)C)CCCCC1. The van der Waals surface area contributed by atoms with Gasteiger partial charge in [0, 0.05) is 32.6 Å². The first-order valence-corrected chi connectivity index (χ1v) is 46.8. The monoisotopic (exact) mass is 1850 g/mol. The van der Waals surface area contributed by atoms with Gasteiger partial charge in [0.25, 0.3) is 17.7 Å². The van der Waals surface area contributed by atoms with Gasteiger partial charge in [-0.1, -0.05) is 222 Å². The molecule has 738 valence electrons. The molecule has 4 saturated heterocycles. The Kier molecular flexibility index (Phi) is 34.0. The van der Waals surface area contributed by atoms with Crippen LogP contribution in [0.3, 0.4) is 0 Å². The van der Waals surface area contributed by atoms with Crippen molar-refractivity contribution < 1.29 is 105 Å². The number of primary amides is 2. The van der Waals surface area contributed by atoms with Crippen molar-refractivity contribution in [2.75, 3.05) is 53.1 Å². The van der Waals surface area contributed by atoms with Gasteiger partial charge in [-0.15, -0.1) is 6.58 Å². The molecule has 10 aliphatic rings. The van der Waals surface area contributed by atoms with Crippen molar-refractivity contribution in [3.05, 3.63) is 25.3 Å². The van der Waals surface area contributed by atoms with E-state index in [1.165, 1.54) is 34.0 Å². The number of nitrogens with two attached hydrogens (primary N) is 2. The second kappa shape index (κ2) is 41.8. The number of carbonyl (C=O) groups is 18. The van der Waals surface area contributed by atoms with Crippen LogP contribution in [0.5, 0.6) is 0 Å². The van der Waals surface area contributed by atoms with E-state index in [-0.39, 0.29) is 89.3 Å². The maximum Gasteiger partial charge on any atom is 0.331 e. The van der Waals surface area contributed by atoms with E-state index in [1.54, 1.807) is 83.1 Å². The van der Waals surface area contributed by atoms with Gasteiger partial charge in [-0.25, -0.2) is 28.8 Å². The molecule has 6 aliphatic carbocycles. The lowest BCUT2D eigenvalue weighted by molar-refractivity contribution is -0.154. The van der Waals surface area contributed by atoms with E-state index < -0.39 is 206 Å². The summed E-state index contributed by atoms with van der Waals surface area (Å²) in [6.07, 6.45) is 11.6. The van der Waals surface area contributed by atoms with Crippen LogP contribution in [0.4, 0.5) is 14.4 Å². The number of esters is 3. The lowest BCUT2D eigenvalue weighted by atomic mass is 9.81. The predicted octanol–water partition coefficient (Wildman–Crippen LogP) is 5.15. The first kappa shape index (κ1) is 107. The van der Waals surface area contributed by atoms with E-state index in [4.69, 9.17) is 30.4 Å². The van der Waals surface area contributed by atoms with Gasteiger partial charge in [-0.05, 0) is 123 Å². The molecule has 0 bridgehead atoms. The number of carbonyl (C=O) groups excluding carboxylic acids is 18. The van der Waals surface area contributed by atoms with Crippen molar-refractivity contribution in [1.29, 1.82) is 0 Å². The summed E-state index contributed by atoms with van der Waals surface area (Å²) in [4.78, 5) is 241. The van der Waals surface area contributed by atoms with Crippen molar-refractivity contribution in [2.24, 2.45) is 102 Å². The molecule has 37 heteroatoms. The molecule has 18 atom stereocenters. The third-order valence-corrected chi connectivity index (χ3v) is 28.5. The van der Waals surface area contributed by atoms with Gasteiger partial charge in [0.2, 0.25) is 52.8 Å². The van der Waals surface area contributed by atoms with E-state index in [9.17, 15) is 86.3 Å². The van der Waals surface area contributed by atoms with Gasteiger partial charge in [0.05, 0.1) is 38.4 Å². The number of ether oxygens (including phenoxy) is 4. The highest BCUT2D eigenvalue weighted by molar-refractivity contribution is 6.39. The zero-order valence-corrected chi connectivity index (χ0v) is 81.9. The van der Waals surface area contributed by atoms with E-state index >= 15 is 0 Å². The van der Waals surface area contributed by atoms with Crippen LogP contribution in [0.25, 0.3) is 0 Å². The minimum Gasteiger partial charge on any atom is -0.467 e. The Bertz CT molecular complexity index is 4390. The van der Waals surface area contributed by atoms with Gasteiger partial charge < -0.3 is 98.3 Å². The first-order valence-electron chi connectivity index (χ1n) is 46.8. The number of nitrogens with one attached hydrogen (secondary N) is 10. The molecule has 0 aromatic heterocycles. The number of hydrogen-bond donors (Lipinski definition) is 12. The van der Waals surface area contributed by atoms with Crippen molar-refractivity contribution in [3.8, 4) is 0 Å². The molecule has 0 spiro atoms. The summed E-state index contributed by atoms with van der Waals surface area (Å²) in [6, 6.07) is -13.0. The number of Topliss-reactive ketones (excluding diaryl/α,β-unsaturated/α-hetero) is 3. The quantitative estimate of drug-likeness (QED) is 0.0169. The van der Waals surface area contributed by atoms with Crippen molar-refractivity contribution in [3.63, 3.8) is 0 Å². The normalized spacial score (nSPS) is 25.5. The van der Waals surface area contributed by atoms with Crippen molar-refractivity contribution in [2.45, 2.75) is 320 Å². The lowest BCUT2D eigenvalue weighted by Gasteiger charge is -2.39. The molecule has 132 heavy (non-hydrogen) atoms. The zero-order valence-electron chi connectivity index (χ0n) is 81.9. The smallest absolute Gasteiger partial charge is 0.331 e. The van der Waals surface area contributed by atoms with E-state index in [2.05, 4.69) is 66.3 Å². The number of piperidine rings is 3. The Labute approximate surface area is 776 Å². The highest BCUT2D eigenvalue weighted by Gasteiger charge is 2.73. The standard InChI is InChI=1S/C33H53N5O7.C32H51N5O8.C30H47N5O7/c1-12-15-20(23(39)27(41)34-16-13-2)35-26(40)22-21-19(33(21,10)11)18-38(22)28(42)24(31(4,5)6)36-30(44)37-25(32(7,8)9)29(43)45-17-14-3;1-30(2,3)23(35-29(43)36-24(31(4,5)6)28(42)45-17-11-12-44-15-17)27(41)37-14-18-20(32(18,7)8)21(37)26(40)34-19(13-16-9-10-16)22(38)25(33)39;1-28(2,3)22(33-27(41)34-30(26(40)42-6)12-8-7-9-13-30)25(39)35-15-17-19(29(17,4)5)20(35)24(38)32-18(14-16-10-11-16)21(36)23(31)37/h13-14,19-22,24-25H,2-3,12,15-18H2,1,4-11H3,(H,34,41)(H,35,40)(H2,36,37,44);16-21,23-24H,9-15H2,1-8H3,(H2,33,39)(H,34,40)(H2,35,36,43);16-20,22H,7-15H2,1-6H3,(H2,31,37)(H,32,38)(H2,33,34,41)/t19-,20?,21-,22-,24+,25+;17?,18-,19?,20-,21-,23+,24+;17-,18?,19-,20-,22+/m000/s1. The van der Waals surface area contributed by atoms with Gasteiger partial charge in [0.1, 0.15) is 66.6 Å². The Morgan fingerprint density at radius 1 is 0.462 bits per heavy atom. The van der Waals surface area contributed by atoms with Crippen molar-refractivity contribution >= 4 is 107 Å².